The van der Waals surface area contributed by atoms with Gasteiger partial charge in [0.25, 0.3) is 0 Å². The van der Waals surface area contributed by atoms with Crippen molar-refractivity contribution in [2.45, 2.75) is 33.1 Å². The zero-order valence-electron chi connectivity index (χ0n) is 11.2. The van der Waals surface area contributed by atoms with E-state index >= 15 is 0 Å². The van der Waals surface area contributed by atoms with Gasteiger partial charge in [-0.2, -0.15) is 0 Å². The van der Waals surface area contributed by atoms with Gasteiger partial charge >= 0.3 is 0 Å². The number of aryl methyl sites for hydroxylation is 1. The molecule has 0 radical (unpaired) electrons. The van der Waals surface area contributed by atoms with Crippen LogP contribution in [0.5, 0.6) is 0 Å². The lowest BCUT2D eigenvalue weighted by Gasteiger charge is -2.22. The standard InChI is InChI=1S/C14H18Cl2N2O/c1-14(2,5-6-17)4-3-12-18-11-8-9(15)7-10(16)13(11)19-12/h7-8H,3-6,17H2,1-2H3. The second kappa shape index (κ2) is 5.70. The van der Waals surface area contributed by atoms with Gasteiger partial charge in [0.05, 0.1) is 5.02 Å². The highest BCUT2D eigenvalue weighted by Crippen LogP contribution is 2.31. The molecule has 3 nitrogen and oxygen atoms in total. The maximum atomic E-state index is 6.08. The summed E-state index contributed by atoms with van der Waals surface area (Å²) in [5.41, 5.74) is 7.12. The van der Waals surface area contributed by atoms with E-state index < -0.39 is 0 Å². The van der Waals surface area contributed by atoms with Gasteiger partial charge in [-0.25, -0.2) is 4.98 Å². The molecule has 2 N–H and O–H groups in total. The third-order valence-electron chi connectivity index (χ3n) is 3.29. The Kier molecular flexibility index (Phi) is 4.39. The highest BCUT2D eigenvalue weighted by atomic mass is 35.5. The van der Waals surface area contributed by atoms with Crippen molar-refractivity contribution in [2.75, 3.05) is 6.54 Å². The zero-order chi connectivity index (χ0) is 14.0. The van der Waals surface area contributed by atoms with Crippen LogP contribution >= 0.6 is 23.2 Å². The van der Waals surface area contributed by atoms with Crippen LogP contribution in [0, 0.1) is 5.41 Å². The van der Waals surface area contributed by atoms with Gasteiger partial charge in [-0.05, 0) is 36.9 Å². The molecule has 2 rings (SSSR count). The second-order valence-corrected chi connectivity index (χ2v) is 6.39. The van der Waals surface area contributed by atoms with E-state index in [1.54, 1.807) is 12.1 Å². The molecule has 5 heteroatoms. The number of hydrogen-bond donors (Lipinski definition) is 1. The van der Waals surface area contributed by atoms with Crippen molar-refractivity contribution in [1.82, 2.24) is 4.98 Å². The topological polar surface area (TPSA) is 52.0 Å². The number of aromatic nitrogens is 1. The Morgan fingerprint density at radius 2 is 2.00 bits per heavy atom. The number of nitrogens with two attached hydrogens (primary N) is 1. The molecule has 0 unspecified atom stereocenters. The third kappa shape index (κ3) is 3.62. The lowest BCUT2D eigenvalue weighted by molar-refractivity contribution is 0.302. The Balaban J connectivity index is 2.16. The lowest BCUT2D eigenvalue weighted by Crippen LogP contribution is -2.17. The highest BCUT2D eigenvalue weighted by molar-refractivity contribution is 6.37. The molecule has 0 saturated heterocycles. The van der Waals surface area contributed by atoms with E-state index in [1.807, 2.05) is 0 Å². The predicted octanol–water partition coefficient (Wildman–Crippen LogP) is 4.44. The average molecular weight is 301 g/mol. The fraction of sp³-hybridized carbons (Fsp3) is 0.500. The quantitative estimate of drug-likeness (QED) is 0.888. The second-order valence-electron chi connectivity index (χ2n) is 5.55. The van der Waals surface area contributed by atoms with E-state index in [2.05, 4.69) is 18.8 Å². The number of hydrogen-bond acceptors (Lipinski definition) is 3. The SMILES string of the molecule is CC(C)(CCN)CCc1nc2cc(Cl)cc(Cl)c2o1. The van der Waals surface area contributed by atoms with Crippen LogP contribution in [-0.2, 0) is 6.42 Å². The Morgan fingerprint density at radius 1 is 1.26 bits per heavy atom. The number of rotatable bonds is 5. The van der Waals surface area contributed by atoms with Crippen molar-refractivity contribution >= 4 is 34.3 Å². The van der Waals surface area contributed by atoms with Crippen LogP contribution < -0.4 is 5.73 Å². The first-order valence-corrected chi connectivity index (χ1v) is 7.11. The molecule has 0 aliphatic carbocycles. The fourth-order valence-corrected chi connectivity index (χ4v) is 2.60. The molecule has 1 aromatic carbocycles. The minimum atomic E-state index is 0.191. The van der Waals surface area contributed by atoms with Crippen molar-refractivity contribution in [2.24, 2.45) is 11.1 Å². The molecule has 0 aliphatic heterocycles. The Hall–Kier alpha value is -0.770. The molecule has 0 amide bonds. The molecular weight excluding hydrogens is 283 g/mol. The molecule has 1 aromatic heterocycles. The van der Waals surface area contributed by atoms with Crippen LogP contribution in [0.2, 0.25) is 10.0 Å². The van der Waals surface area contributed by atoms with Crippen LogP contribution in [-0.4, -0.2) is 11.5 Å². The molecule has 0 atom stereocenters. The van der Waals surface area contributed by atoms with Crippen LogP contribution in [0.4, 0.5) is 0 Å². The predicted molar refractivity (Wildman–Crippen MR) is 79.8 cm³/mol. The van der Waals surface area contributed by atoms with Crippen molar-refractivity contribution < 1.29 is 4.42 Å². The van der Waals surface area contributed by atoms with E-state index in [-0.39, 0.29) is 5.41 Å². The first-order chi connectivity index (χ1) is 8.91. The minimum Gasteiger partial charge on any atom is -0.439 e. The normalized spacial score (nSPS) is 12.3. The molecule has 0 bridgehead atoms. The van der Waals surface area contributed by atoms with E-state index in [0.717, 1.165) is 19.3 Å². The molecular formula is C14H18Cl2N2O. The molecule has 0 aliphatic rings. The summed E-state index contributed by atoms with van der Waals surface area (Å²) < 4.78 is 5.69. The smallest absolute Gasteiger partial charge is 0.195 e. The van der Waals surface area contributed by atoms with Gasteiger partial charge < -0.3 is 10.2 Å². The summed E-state index contributed by atoms with van der Waals surface area (Å²) in [6.45, 7) is 5.10. The van der Waals surface area contributed by atoms with Gasteiger partial charge in [-0.15, -0.1) is 0 Å². The number of halogens is 2. The lowest BCUT2D eigenvalue weighted by atomic mass is 9.84. The van der Waals surface area contributed by atoms with Crippen molar-refractivity contribution in [3.05, 3.63) is 28.1 Å². The zero-order valence-corrected chi connectivity index (χ0v) is 12.7. The van der Waals surface area contributed by atoms with E-state index in [4.69, 9.17) is 33.4 Å². The summed E-state index contributed by atoms with van der Waals surface area (Å²) >= 11 is 12.0. The molecule has 0 fully saturated rings. The van der Waals surface area contributed by atoms with E-state index in [0.29, 0.717) is 33.6 Å². The summed E-state index contributed by atoms with van der Waals surface area (Å²) in [6.07, 6.45) is 2.73. The first kappa shape index (κ1) is 14.6. The maximum absolute atomic E-state index is 6.08. The number of nitrogens with zero attached hydrogens (tertiary/aromatic N) is 1. The molecule has 1 heterocycles. The fourth-order valence-electron chi connectivity index (χ4n) is 2.07. The molecule has 104 valence electrons. The van der Waals surface area contributed by atoms with Gasteiger partial charge in [0.15, 0.2) is 11.5 Å². The van der Waals surface area contributed by atoms with Gasteiger partial charge in [-0.3, -0.25) is 0 Å². The number of benzene rings is 1. The highest BCUT2D eigenvalue weighted by Gasteiger charge is 2.19. The summed E-state index contributed by atoms with van der Waals surface area (Å²) in [5, 5.41) is 1.07. The van der Waals surface area contributed by atoms with Crippen LogP contribution in [0.1, 0.15) is 32.6 Å². The minimum absolute atomic E-state index is 0.191. The van der Waals surface area contributed by atoms with Gasteiger partial charge in [0, 0.05) is 11.4 Å². The van der Waals surface area contributed by atoms with Gasteiger partial charge in [0.2, 0.25) is 0 Å². The average Bonchev–Trinajstić information content (AvgIpc) is 2.70. The third-order valence-corrected chi connectivity index (χ3v) is 3.79. The summed E-state index contributed by atoms with van der Waals surface area (Å²) in [5.74, 6) is 0.698. The molecule has 0 saturated carbocycles. The van der Waals surface area contributed by atoms with Crippen molar-refractivity contribution in [1.29, 1.82) is 0 Å². The van der Waals surface area contributed by atoms with Crippen LogP contribution in [0.25, 0.3) is 11.1 Å². The Labute approximate surface area is 123 Å². The summed E-state index contributed by atoms with van der Waals surface area (Å²) in [4.78, 5) is 4.43. The van der Waals surface area contributed by atoms with E-state index in [1.165, 1.54) is 0 Å². The molecule has 0 spiro atoms. The summed E-state index contributed by atoms with van der Waals surface area (Å²) in [7, 11) is 0. The van der Waals surface area contributed by atoms with Crippen LogP contribution in [0.15, 0.2) is 16.5 Å². The van der Waals surface area contributed by atoms with Crippen LogP contribution in [0.3, 0.4) is 0 Å². The largest absolute Gasteiger partial charge is 0.439 e. The maximum Gasteiger partial charge on any atom is 0.195 e. The Bertz CT molecular complexity index is 578. The van der Waals surface area contributed by atoms with Crippen molar-refractivity contribution in [3.63, 3.8) is 0 Å². The van der Waals surface area contributed by atoms with E-state index in [9.17, 15) is 0 Å². The first-order valence-electron chi connectivity index (χ1n) is 6.36. The Morgan fingerprint density at radius 3 is 2.68 bits per heavy atom. The monoisotopic (exact) mass is 300 g/mol. The number of oxazole rings is 1. The molecule has 2 aromatic rings. The van der Waals surface area contributed by atoms with Crippen molar-refractivity contribution in [3.8, 4) is 0 Å². The number of fused-ring (bicyclic) bond motifs is 1. The van der Waals surface area contributed by atoms with Gasteiger partial charge in [0.1, 0.15) is 5.52 Å². The summed E-state index contributed by atoms with van der Waals surface area (Å²) in [6, 6.07) is 3.43. The molecule has 19 heavy (non-hydrogen) atoms. The van der Waals surface area contributed by atoms with Gasteiger partial charge in [-0.1, -0.05) is 37.0 Å².